The Hall–Kier alpha value is -3.05. The van der Waals surface area contributed by atoms with Crippen LogP contribution in [0.25, 0.3) is 0 Å². The largest absolute Gasteiger partial charge is 0.351 e. The number of hydrogen-bond acceptors (Lipinski definition) is 3. The minimum absolute atomic E-state index is 0.155. The van der Waals surface area contributed by atoms with Gasteiger partial charge in [-0.3, -0.25) is 9.59 Å². The Balaban J connectivity index is 1.51. The van der Waals surface area contributed by atoms with E-state index in [9.17, 15) is 9.59 Å². The van der Waals surface area contributed by atoms with Gasteiger partial charge in [0.2, 0.25) is 0 Å². The SMILES string of the molecule is CC(C)(CNC(=O)c1ccc2c(c1)NC(=O)c1ccccc1S2)c1ccccc1. The Morgan fingerprint density at radius 3 is 2.48 bits per heavy atom. The van der Waals surface area contributed by atoms with Gasteiger partial charge in [-0.1, -0.05) is 68.1 Å². The fourth-order valence-electron chi connectivity index (χ4n) is 3.30. The maximum absolute atomic E-state index is 12.8. The molecule has 0 saturated carbocycles. The number of anilines is 1. The van der Waals surface area contributed by atoms with E-state index in [0.29, 0.717) is 23.4 Å². The zero-order chi connectivity index (χ0) is 20.4. The van der Waals surface area contributed by atoms with Crippen molar-refractivity contribution < 1.29 is 9.59 Å². The number of hydrogen-bond donors (Lipinski definition) is 2. The van der Waals surface area contributed by atoms with Crippen molar-refractivity contribution in [1.29, 1.82) is 0 Å². The molecule has 0 radical (unpaired) electrons. The van der Waals surface area contributed by atoms with Gasteiger partial charge in [0.05, 0.1) is 11.3 Å². The number of carbonyl (C=O) groups is 2. The van der Waals surface area contributed by atoms with Gasteiger partial charge in [-0.05, 0) is 35.9 Å². The minimum Gasteiger partial charge on any atom is -0.351 e. The summed E-state index contributed by atoms with van der Waals surface area (Å²) < 4.78 is 0. The van der Waals surface area contributed by atoms with Crippen LogP contribution in [0.5, 0.6) is 0 Å². The lowest BCUT2D eigenvalue weighted by Gasteiger charge is -2.25. The molecule has 2 N–H and O–H groups in total. The first-order chi connectivity index (χ1) is 13.9. The van der Waals surface area contributed by atoms with Crippen molar-refractivity contribution in [2.24, 2.45) is 0 Å². The van der Waals surface area contributed by atoms with Crippen molar-refractivity contribution in [2.45, 2.75) is 29.1 Å². The first kappa shape index (κ1) is 19.3. The van der Waals surface area contributed by atoms with Crippen LogP contribution in [0.1, 0.15) is 40.1 Å². The van der Waals surface area contributed by atoms with Crippen LogP contribution in [0.4, 0.5) is 5.69 Å². The average Bonchev–Trinajstić information content (AvgIpc) is 2.88. The Kier molecular flexibility index (Phi) is 5.16. The Labute approximate surface area is 174 Å². The second-order valence-electron chi connectivity index (χ2n) is 7.70. The first-order valence-corrected chi connectivity index (χ1v) is 10.3. The lowest BCUT2D eigenvalue weighted by molar-refractivity contribution is 0.0944. The topological polar surface area (TPSA) is 58.2 Å². The lowest BCUT2D eigenvalue weighted by Crippen LogP contribution is -2.36. The minimum atomic E-state index is -0.186. The molecule has 4 nitrogen and oxygen atoms in total. The van der Waals surface area contributed by atoms with Gasteiger partial charge >= 0.3 is 0 Å². The van der Waals surface area contributed by atoms with Crippen LogP contribution in [0.2, 0.25) is 0 Å². The van der Waals surface area contributed by atoms with Crippen molar-refractivity contribution in [1.82, 2.24) is 5.32 Å². The molecule has 3 aromatic rings. The average molecular weight is 403 g/mol. The number of carbonyl (C=O) groups excluding carboxylic acids is 2. The normalized spacial score (nSPS) is 13.0. The lowest BCUT2D eigenvalue weighted by atomic mass is 9.84. The first-order valence-electron chi connectivity index (χ1n) is 9.50. The number of rotatable bonds is 4. The predicted octanol–water partition coefficient (Wildman–Crippen LogP) is 5.11. The van der Waals surface area contributed by atoms with E-state index < -0.39 is 0 Å². The fourth-order valence-corrected chi connectivity index (χ4v) is 4.31. The zero-order valence-electron chi connectivity index (χ0n) is 16.4. The third-order valence-electron chi connectivity index (χ3n) is 5.09. The maximum Gasteiger partial charge on any atom is 0.256 e. The van der Waals surface area contributed by atoms with E-state index in [4.69, 9.17) is 0 Å². The molecule has 0 unspecified atom stereocenters. The summed E-state index contributed by atoms with van der Waals surface area (Å²) >= 11 is 1.53. The molecule has 0 atom stereocenters. The number of nitrogens with one attached hydrogen (secondary N) is 2. The van der Waals surface area contributed by atoms with E-state index >= 15 is 0 Å². The smallest absolute Gasteiger partial charge is 0.256 e. The summed E-state index contributed by atoms with van der Waals surface area (Å²) in [7, 11) is 0. The van der Waals surface area contributed by atoms with Crippen molar-refractivity contribution in [3.63, 3.8) is 0 Å². The molecule has 0 aliphatic carbocycles. The Morgan fingerprint density at radius 2 is 1.69 bits per heavy atom. The van der Waals surface area contributed by atoms with Gasteiger partial charge in [0.1, 0.15) is 0 Å². The highest BCUT2D eigenvalue weighted by molar-refractivity contribution is 7.99. The molecule has 2 amide bonds. The van der Waals surface area contributed by atoms with E-state index in [1.165, 1.54) is 17.3 Å². The third kappa shape index (κ3) is 4.05. The van der Waals surface area contributed by atoms with E-state index in [-0.39, 0.29) is 17.2 Å². The van der Waals surface area contributed by atoms with Gasteiger partial charge in [-0.2, -0.15) is 0 Å². The zero-order valence-corrected chi connectivity index (χ0v) is 17.2. The summed E-state index contributed by atoms with van der Waals surface area (Å²) in [5.41, 5.74) is 2.81. The van der Waals surface area contributed by atoms with Gasteiger partial charge in [-0.25, -0.2) is 0 Å². The molecule has 4 rings (SSSR count). The van der Waals surface area contributed by atoms with Crippen molar-refractivity contribution >= 4 is 29.3 Å². The molecule has 0 aromatic heterocycles. The number of amides is 2. The van der Waals surface area contributed by atoms with E-state index in [1.807, 2.05) is 48.5 Å². The summed E-state index contributed by atoms with van der Waals surface area (Å²) in [6.07, 6.45) is 0. The third-order valence-corrected chi connectivity index (χ3v) is 6.24. The van der Waals surface area contributed by atoms with Crippen LogP contribution < -0.4 is 10.6 Å². The van der Waals surface area contributed by atoms with Crippen LogP contribution in [-0.4, -0.2) is 18.4 Å². The maximum atomic E-state index is 12.8. The molecular weight excluding hydrogens is 380 g/mol. The van der Waals surface area contributed by atoms with Crippen molar-refractivity contribution in [3.05, 3.63) is 89.5 Å². The van der Waals surface area contributed by atoms with Gasteiger partial charge in [0, 0.05) is 27.3 Å². The molecule has 1 aliphatic rings. The summed E-state index contributed by atoms with van der Waals surface area (Å²) in [6.45, 7) is 4.72. The Bertz CT molecular complexity index is 1080. The highest BCUT2D eigenvalue weighted by Gasteiger charge is 2.23. The summed E-state index contributed by atoms with van der Waals surface area (Å²) in [6, 6.07) is 23.1. The van der Waals surface area contributed by atoms with Crippen LogP contribution in [0.15, 0.2) is 82.6 Å². The molecule has 1 heterocycles. The second-order valence-corrected chi connectivity index (χ2v) is 8.78. The van der Waals surface area contributed by atoms with E-state index in [1.54, 1.807) is 12.1 Å². The molecule has 0 spiro atoms. The van der Waals surface area contributed by atoms with Crippen LogP contribution in [-0.2, 0) is 5.41 Å². The standard InChI is InChI=1S/C24H22N2O2S/c1-24(2,17-8-4-3-5-9-17)15-25-22(27)16-12-13-21-19(14-16)26-23(28)18-10-6-7-11-20(18)29-21/h3-14H,15H2,1-2H3,(H,25,27)(H,26,28). The van der Waals surface area contributed by atoms with E-state index in [2.05, 4.69) is 36.6 Å². The van der Waals surface area contributed by atoms with Crippen LogP contribution in [0.3, 0.4) is 0 Å². The number of benzene rings is 3. The van der Waals surface area contributed by atoms with Crippen LogP contribution >= 0.6 is 11.8 Å². The molecule has 5 heteroatoms. The Morgan fingerprint density at radius 1 is 0.966 bits per heavy atom. The molecular formula is C24H22N2O2S. The summed E-state index contributed by atoms with van der Waals surface area (Å²) in [5.74, 6) is -0.313. The van der Waals surface area contributed by atoms with Gasteiger partial charge in [0.15, 0.2) is 0 Å². The molecule has 0 fully saturated rings. The van der Waals surface area contributed by atoms with Crippen molar-refractivity contribution in [2.75, 3.05) is 11.9 Å². The van der Waals surface area contributed by atoms with Gasteiger partial charge < -0.3 is 10.6 Å². The molecule has 29 heavy (non-hydrogen) atoms. The van der Waals surface area contributed by atoms with Gasteiger partial charge in [0.25, 0.3) is 11.8 Å². The predicted molar refractivity (Wildman–Crippen MR) is 117 cm³/mol. The highest BCUT2D eigenvalue weighted by Crippen LogP contribution is 2.39. The molecule has 3 aromatic carbocycles. The van der Waals surface area contributed by atoms with Crippen LogP contribution in [0, 0.1) is 0 Å². The molecule has 0 saturated heterocycles. The van der Waals surface area contributed by atoms with E-state index in [0.717, 1.165) is 9.79 Å². The highest BCUT2D eigenvalue weighted by atomic mass is 32.2. The quantitative estimate of drug-likeness (QED) is 0.637. The van der Waals surface area contributed by atoms with Gasteiger partial charge in [-0.15, -0.1) is 0 Å². The fraction of sp³-hybridized carbons (Fsp3) is 0.167. The second kappa shape index (κ2) is 7.76. The summed E-state index contributed by atoms with van der Waals surface area (Å²) in [4.78, 5) is 27.1. The summed E-state index contributed by atoms with van der Waals surface area (Å²) in [5, 5.41) is 5.96. The molecule has 146 valence electrons. The monoisotopic (exact) mass is 402 g/mol. The molecule has 1 aliphatic heterocycles. The molecule has 0 bridgehead atoms. The number of fused-ring (bicyclic) bond motifs is 2. The van der Waals surface area contributed by atoms with Crippen molar-refractivity contribution in [3.8, 4) is 0 Å².